The fourth-order valence-corrected chi connectivity index (χ4v) is 2.00. The first kappa shape index (κ1) is 14.2. The highest BCUT2D eigenvalue weighted by Crippen LogP contribution is 2.15. The SMILES string of the molecule is Cc1nc(C(C)C)ccc1C(=O)N[C@H](C)c1ncc[nH]1. The third kappa shape index (κ3) is 3.04. The number of nitrogens with zero attached hydrogens (tertiary/aromatic N) is 2. The van der Waals surface area contributed by atoms with Gasteiger partial charge in [-0.25, -0.2) is 4.98 Å². The lowest BCUT2D eigenvalue weighted by Crippen LogP contribution is -2.28. The lowest BCUT2D eigenvalue weighted by molar-refractivity contribution is 0.0937. The minimum atomic E-state index is -0.165. The van der Waals surface area contributed by atoms with Gasteiger partial charge in [0.05, 0.1) is 17.3 Å². The van der Waals surface area contributed by atoms with Crippen LogP contribution in [0.25, 0.3) is 0 Å². The van der Waals surface area contributed by atoms with Crippen LogP contribution in [0.5, 0.6) is 0 Å². The van der Waals surface area contributed by atoms with Crippen LogP contribution in [0.2, 0.25) is 0 Å². The molecule has 0 aliphatic heterocycles. The molecule has 2 aromatic rings. The molecule has 0 aromatic carbocycles. The van der Waals surface area contributed by atoms with Crippen molar-refractivity contribution in [1.29, 1.82) is 0 Å². The number of nitrogens with one attached hydrogen (secondary N) is 2. The molecule has 2 rings (SSSR count). The van der Waals surface area contributed by atoms with Crippen molar-refractivity contribution in [2.45, 2.75) is 39.7 Å². The summed E-state index contributed by atoms with van der Waals surface area (Å²) in [5.41, 5.74) is 2.35. The highest BCUT2D eigenvalue weighted by Gasteiger charge is 2.16. The second-order valence-electron chi connectivity index (χ2n) is 5.19. The van der Waals surface area contributed by atoms with Gasteiger partial charge < -0.3 is 10.3 Å². The van der Waals surface area contributed by atoms with Crippen LogP contribution in [0.3, 0.4) is 0 Å². The number of aryl methyl sites for hydroxylation is 1. The Kier molecular flexibility index (Phi) is 4.17. The van der Waals surface area contributed by atoms with Crippen molar-refractivity contribution < 1.29 is 4.79 Å². The number of hydrogen-bond acceptors (Lipinski definition) is 3. The van der Waals surface area contributed by atoms with Crippen LogP contribution in [0.1, 0.15) is 60.3 Å². The number of rotatable bonds is 4. The lowest BCUT2D eigenvalue weighted by atomic mass is 10.1. The van der Waals surface area contributed by atoms with Crippen LogP contribution in [0.4, 0.5) is 0 Å². The Morgan fingerprint density at radius 3 is 2.60 bits per heavy atom. The second kappa shape index (κ2) is 5.86. The molecule has 1 atom stereocenters. The van der Waals surface area contributed by atoms with Gasteiger partial charge in [0, 0.05) is 18.1 Å². The van der Waals surface area contributed by atoms with Crippen LogP contribution in [-0.4, -0.2) is 20.9 Å². The molecule has 2 heterocycles. The van der Waals surface area contributed by atoms with E-state index >= 15 is 0 Å². The van der Waals surface area contributed by atoms with Gasteiger partial charge in [0.2, 0.25) is 0 Å². The van der Waals surface area contributed by atoms with E-state index in [0.29, 0.717) is 11.5 Å². The Morgan fingerprint density at radius 1 is 1.30 bits per heavy atom. The molecule has 0 unspecified atom stereocenters. The van der Waals surface area contributed by atoms with E-state index in [2.05, 4.69) is 34.1 Å². The van der Waals surface area contributed by atoms with Gasteiger partial charge in [-0.3, -0.25) is 9.78 Å². The van der Waals surface area contributed by atoms with Crippen molar-refractivity contribution in [3.63, 3.8) is 0 Å². The average Bonchev–Trinajstić information content (AvgIpc) is 2.92. The van der Waals surface area contributed by atoms with Gasteiger partial charge in [0.1, 0.15) is 5.82 Å². The molecule has 2 N–H and O–H groups in total. The number of hydrogen-bond donors (Lipinski definition) is 2. The molecule has 0 aliphatic carbocycles. The molecular formula is C15H20N4O. The summed E-state index contributed by atoms with van der Waals surface area (Å²) in [6, 6.07) is 3.58. The van der Waals surface area contributed by atoms with Gasteiger partial charge in [-0.15, -0.1) is 0 Å². The van der Waals surface area contributed by atoms with E-state index in [4.69, 9.17) is 0 Å². The van der Waals surface area contributed by atoms with E-state index < -0.39 is 0 Å². The fraction of sp³-hybridized carbons (Fsp3) is 0.400. The summed E-state index contributed by atoms with van der Waals surface area (Å²) < 4.78 is 0. The predicted octanol–water partition coefficient (Wildman–Crippen LogP) is 2.73. The van der Waals surface area contributed by atoms with E-state index in [9.17, 15) is 4.79 Å². The number of carbonyl (C=O) groups is 1. The first-order chi connectivity index (χ1) is 9.49. The van der Waals surface area contributed by atoms with Crippen LogP contribution in [0, 0.1) is 6.92 Å². The van der Waals surface area contributed by atoms with Gasteiger partial charge in [0.25, 0.3) is 5.91 Å². The Labute approximate surface area is 118 Å². The Balaban J connectivity index is 2.13. The summed E-state index contributed by atoms with van der Waals surface area (Å²) in [5, 5.41) is 2.92. The summed E-state index contributed by atoms with van der Waals surface area (Å²) in [5.74, 6) is 0.963. The van der Waals surface area contributed by atoms with Gasteiger partial charge in [0.15, 0.2) is 0 Å². The zero-order chi connectivity index (χ0) is 14.7. The van der Waals surface area contributed by atoms with E-state index in [1.165, 1.54) is 0 Å². The quantitative estimate of drug-likeness (QED) is 0.899. The Hall–Kier alpha value is -2.17. The Morgan fingerprint density at radius 2 is 2.05 bits per heavy atom. The molecule has 0 radical (unpaired) electrons. The van der Waals surface area contributed by atoms with Crippen molar-refractivity contribution in [1.82, 2.24) is 20.3 Å². The van der Waals surface area contributed by atoms with Crippen molar-refractivity contribution in [2.75, 3.05) is 0 Å². The normalized spacial score (nSPS) is 12.4. The third-order valence-electron chi connectivity index (χ3n) is 3.22. The zero-order valence-corrected chi connectivity index (χ0v) is 12.3. The largest absolute Gasteiger partial charge is 0.347 e. The lowest BCUT2D eigenvalue weighted by Gasteiger charge is -2.13. The maximum Gasteiger partial charge on any atom is 0.253 e. The summed E-state index contributed by atoms with van der Waals surface area (Å²) >= 11 is 0. The van der Waals surface area contributed by atoms with Gasteiger partial charge in [-0.2, -0.15) is 0 Å². The number of imidazole rings is 1. The molecule has 5 nitrogen and oxygen atoms in total. The smallest absolute Gasteiger partial charge is 0.253 e. The minimum Gasteiger partial charge on any atom is -0.347 e. The van der Waals surface area contributed by atoms with E-state index in [1.54, 1.807) is 12.4 Å². The molecule has 0 saturated heterocycles. The van der Waals surface area contributed by atoms with Crippen molar-refractivity contribution >= 4 is 5.91 Å². The molecular weight excluding hydrogens is 252 g/mol. The van der Waals surface area contributed by atoms with Crippen molar-refractivity contribution in [3.05, 3.63) is 47.3 Å². The molecule has 20 heavy (non-hydrogen) atoms. The second-order valence-corrected chi connectivity index (χ2v) is 5.19. The van der Waals surface area contributed by atoms with Crippen LogP contribution in [-0.2, 0) is 0 Å². The summed E-state index contributed by atoms with van der Waals surface area (Å²) in [6.45, 7) is 7.92. The Bertz CT molecular complexity index is 590. The molecule has 0 saturated carbocycles. The summed E-state index contributed by atoms with van der Waals surface area (Å²) in [4.78, 5) is 23.9. The first-order valence-electron chi connectivity index (χ1n) is 6.76. The van der Waals surface area contributed by atoms with E-state index in [0.717, 1.165) is 17.2 Å². The molecule has 2 aromatic heterocycles. The number of aromatic amines is 1. The number of H-pyrrole nitrogens is 1. The van der Waals surface area contributed by atoms with Gasteiger partial charge in [-0.1, -0.05) is 13.8 Å². The van der Waals surface area contributed by atoms with Crippen molar-refractivity contribution in [3.8, 4) is 0 Å². The highest BCUT2D eigenvalue weighted by atomic mass is 16.1. The summed E-state index contributed by atoms with van der Waals surface area (Å²) in [7, 11) is 0. The summed E-state index contributed by atoms with van der Waals surface area (Å²) in [6.07, 6.45) is 3.41. The van der Waals surface area contributed by atoms with Crippen LogP contribution < -0.4 is 5.32 Å². The van der Waals surface area contributed by atoms with E-state index in [-0.39, 0.29) is 11.9 Å². The number of amides is 1. The topological polar surface area (TPSA) is 70.7 Å². The number of pyridine rings is 1. The highest BCUT2D eigenvalue weighted by molar-refractivity contribution is 5.95. The molecule has 0 aliphatic rings. The number of aromatic nitrogens is 3. The number of carbonyl (C=O) groups excluding carboxylic acids is 1. The first-order valence-corrected chi connectivity index (χ1v) is 6.76. The molecule has 106 valence electrons. The molecule has 5 heteroatoms. The van der Waals surface area contributed by atoms with E-state index in [1.807, 2.05) is 26.0 Å². The van der Waals surface area contributed by atoms with Gasteiger partial charge in [-0.05, 0) is 31.9 Å². The standard InChI is InChI=1S/C15H20N4O/c1-9(2)13-6-5-12(10(3)18-13)15(20)19-11(4)14-16-7-8-17-14/h5-9,11H,1-4H3,(H,16,17)(H,19,20)/t11-/m1/s1. The molecule has 0 spiro atoms. The molecule has 0 bridgehead atoms. The van der Waals surface area contributed by atoms with Crippen LogP contribution >= 0.6 is 0 Å². The third-order valence-corrected chi connectivity index (χ3v) is 3.22. The maximum absolute atomic E-state index is 12.3. The van der Waals surface area contributed by atoms with Gasteiger partial charge >= 0.3 is 0 Å². The maximum atomic E-state index is 12.3. The molecule has 1 amide bonds. The monoisotopic (exact) mass is 272 g/mol. The molecule has 0 fully saturated rings. The predicted molar refractivity (Wildman–Crippen MR) is 77.5 cm³/mol. The minimum absolute atomic E-state index is 0.130. The van der Waals surface area contributed by atoms with Crippen molar-refractivity contribution in [2.24, 2.45) is 0 Å². The fourth-order valence-electron chi connectivity index (χ4n) is 2.00. The average molecular weight is 272 g/mol. The van der Waals surface area contributed by atoms with Crippen LogP contribution in [0.15, 0.2) is 24.5 Å². The zero-order valence-electron chi connectivity index (χ0n) is 12.3.